The molecule has 7 nitrogen and oxygen atoms in total. The molecule has 1 aromatic heterocycles. The average Bonchev–Trinajstić information content (AvgIpc) is 3.11. The van der Waals surface area contributed by atoms with Crippen molar-refractivity contribution >= 4 is 11.6 Å². The molecule has 1 amide bonds. The lowest BCUT2D eigenvalue weighted by Crippen LogP contribution is -2.38. The van der Waals surface area contributed by atoms with Crippen LogP contribution in [-0.4, -0.2) is 60.5 Å². The molecule has 1 aliphatic heterocycles. The van der Waals surface area contributed by atoms with Crippen molar-refractivity contribution in [2.24, 2.45) is 0 Å². The number of fused-ring (bicyclic) bond motifs is 1. The molecule has 0 unspecified atom stereocenters. The van der Waals surface area contributed by atoms with Crippen molar-refractivity contribution in [1.29, 1.82) is 0 Å². The van der Waals surface area contributed by atoms with Gasteiger partial charge in [0.1, 0.15) is 12.4 Å². The van der Waals surface area contributed by atoms with Crippen LogP contribution < -0.4 is 10.1 Å². The molecule has 1 aromatic carbocycles. The number of nitrogens with zero attached hydrogens (tertiary/aromatic N) is 2. The van der Waals surface area contributed by atoms with E-state index in [1.165, 1.54) is 12.8 Å². The number of aryl methyl sites for hydroxylation is 1. The molecule has 0 atom stereocenters. The van der Waals surface area contributed by atoms with Crippen LogP contribution in [0.2, 0.25) is 0 Å². The van der Waals surface area contributed by atoms with Gasteiger partial charge in [0.15, 0.2) is 5.69 Å². The fourth-order valence-electron chi connectivity index (χ4n) is 3.99. The van der Waals surface area contributed by atoms with Crippen LogP contribution in [-0.2, 0) is 17.6 Å². The third kappa shape index (κ3) is 5.36. The van der Waals surface area contributed by atoms with Crippen LogP contribution >= 0.6 is 0 Å². The van der Waals surface area contributed by atoms with Gasteiger partial charge in [-0.3, -0.25) is 14.8 Å². The van der Waals surface area contributed by atoms with Crippen molar-refractivity contribution in [3.05, 3.63) is 41.2 Å². The molecule has 2 heterocycles. The van der Waals surface area contributed by atoms with E-state index in [0.29, 0.717) is 12.3 Å². The van der Waals surface area contributed by atoms with Gasteiger partial charge in [0.25, 0.3) is 5.91 Å². The standard InChI is InChI=1S/C22H30N4O3/c27-22(21-19-8-3-1-2-4-9-20(19)24-25-21)23-17-6-5-7-18(16-17)29-15-12-26-10-13-28-14-11-26/h5-7,16H,1-4,8-15H2,(H,23,27)(H,24,25). The molecule has 0 saturated carbocycles. The van der Waals surface area contributed by atoms with Gasteiger partial charge in [-0.1, -0.05) is 18.9 Å². The summed E-state index contributed by atoms with van der Waals surface area (Å²) in [5.74, 6) is 0.599. The maximum Gasteiger partial charge on any atom is 0.276 e. The smallest absolute Gasteiger partial charge is 0.276 e. The Morgan fingerprint density at radius 2 is 2.00 bits per heavy atom. The first-order chi connectivity index (χ1) is 14.3. The first-order valence-electron chi connectivity index (χ1n) is 10.7. The number of hydrogen-bond acceptors (Lipinski definition) is 5. The highest BCUT2D eigenvalue weighted by atomic mass is 16.5. The highest BCUT2D eigenvalue weighted by Gasteiger charge is 2.20. The van der Waals surface area contributed by atoms with Crippen LogP contribution in [0, 0.1) is 0 Å². The molecule has 1 fully saturated rings. The summed E-state index contributed by atoms with van der Waals surface area (Å²) in [4.78, 5) is 15.2. The summed E-state index contributed by atoms with van der Waals surface area (Å²) in [6, 6.07) is 7.56. The SMILES string of the molecule is O=C(Nc1cccc(OCCN2CCOCC2)c1)c1n[nH]c2c1CCCCCC2. The molecule has 2 aromatic rings. The molecule has 1 aliphatic carbocycles. The molecular formula is C22H30N4O3. The van der Waals surface area contributed by atoms with Gasteiger partial charge in [-0.25, -0.2) is 0 Å². The van der Waals surface area contributed by atoms with E-state index < -0.39 is 0 Å². The largest absolute Gasteiger partial charge is 0.492 e. The van der Waals surface area contributed by atoms with E-state index in [4.69, 9.17) is 9.47 Å². The number of rotatable bonds is 6. The molecule has 4 rings (SSSR count). The Morgan fingerprint density at radius 3 is 2.86 bits per heavy atom. The van der Waals surface area contributed by atoms with E-state index >= 15 is 0 Å². The van der Waals surface area contributed by atoms with Gasteiger partial charge in [0, 0.05) is 42.6 Å². The predicted octanol–water partition coefficient (Wildman–Crippen LogP) is 3.03. The van der Waals surface area contributed by atoms with E-state index in [1.807, 2.05) is 24.3 Å². The van der Waals surface area contributed by atoms with Crippen molar-refractivity contribution in [2.75, 3.05) is 44.8 Å². The Hall–Kier alpha value is -2.38. The maximum atomic E-state index is 12.8. The van der Waals surface area contributed by atoms with Gasteiger partial charge in [0.2, 0.25) is 0 Å². The number of carbonyl (C=O) groups is 1. The second kappa shape index (κ2) is 9.89. The Labute approximate surface area is 171 Å². The van der Waals surface area contributed by atoms with E-state index in [-0.39, 0.29) is 5.91 Å². The highest BCUT2D eigenvalue weighted by molar-refractivity contribution is 6.04. The first-order valence-corrected chi connectivity index (χ1v) is 10.7. The summed E-state index contributed by atoms with van der Waals surface area (Å²) in [7, 11) is 0. The second-order valence-corrected chi connectivity index (χ2v) is 7.73. The highest BCUT2D eigenvalue weighted by Crippen LogP contribution is 2.23. The number of benzene rings is 1. The lowest BCUT2D eigenvalue weighted by molar-refractivity contribution is 0.0322. The molecule has 0 bridgehead atoms. The van der Waals surface area contributed by atoms with Crippen LogP contribution in [0.1, 0.15) is 47.4 Å². The quantitative estimate of drug-likeness (QED) is 0.782. The van der Waals surface area contributed by atoms with Crippen LogP contribution in [0.15, 0.2) is 24.3 Å². The molecule has 2 aliphatic rings. The predicted molar refractivity (Wildman–Crippen MR) is 112 cm³/mol. The third-order valence-electron chi connectivity index (χ3n) is 5.64. The summed E-state index contributed by atoms with van der Waals surface area (Å²) in [5, 5.41) is 10.4. The van der Waals surface area contributed by atoms with Crippen LogP contribution in [0.3, 0.4) is 0 Å². The zero-order valence-corrected chi connectivity index (χ0v) is 16.9. The minimum Gasteiger partial charge on any atom is -0.492 e. The molecule has 2 N–H and O–H groups in total. The average molecular weight is 399 g/mol. The summed E-state index contributed by atoms with van der Waals surface area (Å²) in [6.45, 7) is 4.97. The lowest BCUT2D eigenvalue weighted by atomic mass is 9.97. The third-order valence-corrected chi connectivity index (χ3v) is 5.64. The van der Waals surface area contributed by atoms with Gasteiger partial charge in [-0.05, 0) is 37.8 Å². The Bertz CT molecular complexity index is 814. The van der Waals surface area contributed by atoms with Gasteiger partial charge in [-0.2, -0.15) is 5.10 Å². The summed E-state index contributed by atoms with van der Waals surface area (Å²) in [6.07, 6.45) is 6.62. The number of hydrogen-bond donors (Lipinski definition) is 2. The molecule has 7 heteroatoms. The fraction of sp³-hybridized carbons (Fsp3) is 0.545. The molecule has 29 heavy (non-hydrogen) atoms. The number of amides is 1. The fourth-order valence-corrected chi connectivity index (χ4v) is 3.99. The minimum atomic E-state index is -0.159. The van der Waals surface area contributed by atoms with E-state index in [0.717, 1.165) is 81.2 Å². The van der Waals surface area contributed by atoms with E-state index in [1.54, 1.807) is 0 Å². The number of anilines is 1. The minimum absolute atomic E-state index is 0.159. The Kier molecular flexibility index (Phi) is 6.79. The number of aromatic amines is 1. The van der Waals surface area contributed by atoms with Crippen LogP contribution in [0.5, 0.6) is 5.75 Å². The second-order valence-electron chi connectivity index (χ2n) is 7.73. The monoisotopic (exact) mass is 398 g/mol. The van der Waals surface area contributed by atoms with Crippen molar-refractivity contribution in [3.63, 3.8) is 0 Å². The van der Waals surface area contributed by atoms with Gasteiger partial charge >= 0.3 is 0 Å². The van der Waals surface area contributed by atoms with Crippen molar-refractivity contribution in [2.45, 2.75) is 38.5 Å². The molecule has 156 valence electrons. The van der Waals surface area contributed by atoms with Crippen LogP contribution in [0.25, 0.3) is 0 Å². The number of ether oxygens (including phenoxy) is 2. The Balaban J connectivity index is 1.34. The maximum absolute atomic E-state index is 12.8. The zero-order valence-electron chi connectivity index (χ0n) is 16.9. The molecular weight excluding hydrogens is 368 g/mol. The van der Waals surface area contributed by atoms with Crippen molar-refractivity contribution < 1.29 is 14.3 Å². The molecule has 1 saturated heterocycles. The van der Waals surface area contributed by atoms with E-state index in [9.17, 15) is 4.79 Å². The molecule has 0 radical (unpaired) electrons. The lowest BCUT2D eigenvalue weighted by Gasteiger charge is -2.26. The van der Waals surface area contributed by atoms with Gasteiger partial charge < -0.3 is 14.8 Å². The number of nitrogens with one attached hydrogen (secondary N) is 2. The topological polar surface area (TPSA) is 79.5 Å². The van der Waals surface area contributed by atoms with Crippen molar-refractivity contribution in [1.82, 2.24) is 15.1 Å². The number of carbonyl (C=O) groups excluding carboxylic acids is 1. The van der Waals surface area contributed by atoms with Crippen molar-refractivity contribution in [3.8, 4) is 5.75 Å². The number of H-pyrrole nitrogens is 1. The summed E-state index contributed by atoms with van der Waals surface area (Å²) >= 11 is 0. The zero-order chi connectivity index (χ0) is 19.9. The van der Waals surface area contributed by atoms with Gasteiger partial charge in [-0.15, -0.1) is 0 Å². The van der Waals surface area contributed by atoms with Crippen LogP contribution in [0.4, 0.5) is 5.69 Å². The first kappa shape index (κ1) is 19.9. The Morgan fingerprint density at radius 1 is 1.17 bits per heavy atom. The van der Waals surface area contributed by atoms with Gasteiger partial charge in [0.05, 0.1) is 13.2 Å². The number of aromatic nitrogens is 2. The number of morpholine rings is 1. The molecule has 0 spiro atoms. The summed E-state index contributed by atoms with van der Waals surface area (Å²) in [5.41, 5.74) is 3.46. The normalized spacial score (nSPS) is 17.8. The van der Waals surface area contributed by atoms with E-state index in [2.05, 4.69) is 20.4 Å². The summed E-state index contributed by atoms with van der Waals surface area (Å²) < 4.78 is 11.3.